The Hall–Kier alpha value is -1.09. The second kappa shape index (κ2) is 17.5. The predicted molar refractivity (Wildman–Crippen MR) is 140 cm³/mol. The smallest absolute Gasteiger partial charge is 0.234 e. The minimum Gasteiger partial charge on any atom is -0.234 e. The van der Waals surface area contributed by atoms with E-state index in [9.17, 15) is 0 Å². The van der Waals surface area contributed by atoms with Crippen LogP contribution < -0.4 is 4.57 Å². The van der Waals surface area contributed by atoms with Gasteiger partial charge in [0, 0.05) is 6.92 Å². The Labute approximate surface area is 203 Å². The molecule has 0 aliphatic rings. The summed E-state index contributed by atoms with van der Waals surface area (Å²) in [5.41, 5.74) is 1.37. The lowest BCUT2D eigenvalue weighted by Gasteiger charge is -2.10. The van der Waals surface area contributed by atoms with Crippen molar-refractivity contribution in [2.75, 3.05) is 0 Å². The maximum atomic E-state index is 2.43. The molecular weight excluding hydrogens is 444 g/mol. The molecule has 0 saturated heterocycles. The van der Waals surface area contributed by atoms with Crippen LogP contribution in [0.25, 0.3) is 0 Å². The Morgan fingerprint density at radius 2 is 1.23 bits per heavy atom. The van der Waals surface area contributed by atoms with Crippen LogP contribution in [0.3, 0.4) is 0 Å². The van der Waals surface area contributed by atoms with Gasteiger partial charge in [-0.3, -0.25) is 0 Å². The third-order valence-corrected chi connectivity index (χ3v) is 6.65. The second-order valence-electron chi connectivity index (χ2n) is 9.13. The predicted octanol–water partition coefficient (Wildman–Crippen LogP) is 8.75. The van der Waals surface area contributed by atoms with Crippen molar-refractivity contribution >= 4 is 17.0 Å². The summed E-state index contributed by atoms with van der Waals surface area (Å²) in [6, 6.07) is 11.2. The van der Waals surface area contributed by atoms with Gasteiger partial charge in [-0.2, -0.15) is 0 Å². The number of unbranched alkanes of at least 4 members (excludes halogenated alkanes) is 13. The zero-order chi connectivity index (χ0) is 21.4. The zero-order valence-corrected chi connectivity index (χ0v) is 22.2. The van der Waals surface area contributed by atoms with Crippen molar-refractivity contribution in [2.45, 2.75) is 123 Å². The van der Waals surface area contributed by atoms with E-state index in [4.69, 9.17) is 0 Å². The highest BCUT2D eigenvalue weighted by Gasteiger charge is 2.18. The molecule has 0 amide bonds. The van der Waals surface area contributed by atoms with Gasteiger partial charge < -0.3 is 0 Å². The van der Waals surface area contributed by atoms with Crippen molar-refractivity contribution in [3.63, 3.8) is 0 Å². The van der Waals surface area contributed by atoms with E-state index in [2.05, 4.69) is 72.6 Å². The van der Waals surface area contributed by atoms with Gasteiger partial charge in [-0.1, -0.05) is 114 Å². The number of nitrogens with zero attached hydrogens (tertiary/aromatic N) is 2. The van der Waals surface area contributed by atoms with Gasteiger partial charge in [0.05, 0.1) is 6.54 Å². The fourth-order valence-corrected chi connectivity index (χ4v) is 4.53. The quantitative estimate of drug-likeness (QED) is 0.154. The highest BCUT2D eigenvalue weighted by Crippen LogP contribution is 2.18. The number of hydrogen-bond acceptors (Lipinski definition) is 0. The summed E-state index contributed by atoms with van der Waals surface area (Å²) in [5.74, 6) is 1.36. The fourth-order valence-electron chi connectivity index (χ4n) is 4.53. The molecule has 1 aromatic heterocycles. The molecule has 31 heavy (non-hydrogen) atoms. The summed E-state index contributed by atoms with van der Waals surface area (Å²) in [4.78, 5) is 0. The summed E-state index contributed by atoms with van der Waals surface area (Å²) in [7, 11) is 0. The van der Waals surface area contributed by atoms with E-state index in [1.165, 1.54) is 101 Å². The van der Waals surface area contributed by atoms with E-state index in [1.54, 1.807) is 0 Å². The number of hydrogen-bond donors (Lipinski definition) is 0. The number of benzene rings is 1. The van der Waals surface area contributed by atoms with E-state index in [0.717, 1.165) is 6.54 Å². The normalized spacial score (nSPS) is 12.0. The van der Waals surface area contributed by atoms with Gasteiger partial charge in [0.15, 0.2) is 0 Å². The van der Waals surface area contributed by atoms with Crippen molar-refractivity contribution in [2.24, 2.45) is 0 Å². The summed E-state index contributed by atoms with van der Waals surface area (Å²) in [5, 5.41) is 0. The van der Waals surface area contributed by atoms with Gasteiger partial charge in [-0.05, 0) is 25.3 Å². The van der Waals surface area contributed by atoms with Crippen LogP contribution in [0.5, 0.6) is 0 Å². The van der Waals surface area contributed by atoms with Gasteiger partial charge in [0.1, 0.15) is 18.4 Å². The number of aromatic nitrogens is 2. The third kappa shape index (κ3) is 10.9. The van der Waals surface area contributed by atoms with Crippen LogP contribution in [0.15, 0.2) is 42.7 Å². The molecule has 0 aliphatic carbocycles. The Kier molecular flexibility index (Phi) is 15.7. The standard InChI is InChI=1S/C28H47N2.BrH/c1-4-5-6-7-8-9-10-11-12-13-14-15-16-20-23-29-24-25-30(27(29)3)26(2)28-21-18-17-19-22-28;/h17-19,21-22,24-26H,4-16,20,23H2,1-3H3;1H/q+1;/t26-;/m0./s1. The summed E-state index contributed by atoms with van der Waals surface area (Å²) < 4.78 is 4.83. The van der Waals surface area contributed by atoms with Crippen molar-refractivity contribution in [3.05, 3.63) is 54.1 Å². The van der Waals surface area contributed by atoms with Crippen LogP contribution in [0.4, 0.5) is 0 Å². The van der Waals surface area contributed by atoms with E-state index in [-0.39, 0.29) is 17.0 Å². The SMILES string of the molecule is Br.CCCCCCCCCCCCCCCC[n+]1ccn([C@@H](C)c2ccccc2)c1C. The van der Waals surface area contributed by atoms with Crippen molar-refractivity contribution in [1.82, 2.24) is 4.57 Å². The highest BCUT2D eigenvalue weighted by atomic mass is 79.9. The molecule has 1 heterocycles. The Morgan fingerprint density at radius 1 is 0.742 bits per heavy atom. The van der Waals surface area contributed by atoms with Crippen LogP contribution in [0.1, 0.15) is 121 Å². The molecule has 3 heteroatoms. The topological polar surface area (TPSA) is 8.81 Å². The number of rotatable bonds is 17. The molecule has 0 radical (unpaired) electrons. The van der Waals surface area contributed by atoms with Crippen LogP contribution in [-0.4, -0.2) is 4.57 Å². The van der Waals surface area contributed by atoms with E-state index in [1.807, 2.05) is 0 Å². The van der Waals surface area contributed by atoms with E-state index in [0.29, 0.717) is 6.04 Å². The van der Waals surface area contributed by atoms with Crippen LogP contribution in [0, 0.1) is 6.92 Å². The Morgan fingerprint density at radius 3 is 1.74 bits per heavy atom. The maximum absolute atomic E-state index is 2.43. The average Bonchev–Trinajstić information content (AvgIpc) is 3.14. The fraction of sp³-hybridized carbons (Fsp3) is 0.679. The molecule has 1 atom stereocenters. The van der Waals surface area contributed by atoms with Crippen molar-refractivity contribution < 1.29 is 4.57 Å². The molecule has 0 aliphatic heterocycles. The molecule has 2 aromatic rings. The van der Waals surface area contributed by atoms with Crippen molar-refractivity contribution in [3.8, 4) is 0 Å². The molecule has 1 aromatic carbocycles. The third-order valence-electron chi connectivity index (χ3n) is 6.65. The first kappa shape index (κ1) is 27.9. The highest BCUT2D eigenvalue weighted by molar-refractivity contribution is 8.93. The van der Waals surface area contributed by atoms with Crippen LogP contribution in [-0.2, 0) is 6.54 Å². The van der Waals surface area contributed by atoms with Gasteiger partial charge >= 0.3 is 0 Å². The van der Waals surface area contributed by atoms with E-state index >= 15 is 0 Å². The largest absolute Gasteiger partial charge is 0.253 e. The summed E-state index contributed by atoms with van der Waals surface area (Å²) in [6.45, 7) is 7.99. The van der Waals surface area contributed by atoms with Crippen LogP contribution >= 0.6 is 17.0 Å². The number of halogens is 1. The second-order valence-corrected chi connectivity index (χ2v) is 9.13. The summed E-state index contributed by atoms with van der Waals surface area (Å²) >= 11 is 0. The van der Waals surface area contributed by atoms with Gasteiger partial charge in [0.2, 0.25) is 0 Å². The number of aryl methyl sites for hydroxylation is 1. The molecule has 176 valence electrons. The summed E-state index contributed by atoms with van der Waals surface area (Å²) in [6.07, 6.45) is 24.4. The minimum absolute atomic E-state index is 0. The van der Waals surface area contributed by atoms with Gasteiger partial charge in [0.25, 0.3) is 5.82 Å². The van der Waals surface area contributed by atoms with Gasteiger partial charge in [-0.15, -0.1) is 17.0 Å². The van der Waals surface area contributed by atoms with Crippen LogP contribution in [0.2, 0.25) is 0 Å². The maximum Gasteiger partial charge on any atom is 0.253 e. The first-order valence-corrected chi connectivity index (χ1v) is 12.9. The average molecular weight is 493 g/mol. The molecule has 0 N–H and O–H groups in total. The lowest BCUT2D eigenvalue weighted by Crippen LogP contribution is -2.35. The van der Waals surface area contributed by atoms with Crippen molar-refractivity contribution in [1.29, 1.82) is 0 Å². The molecule has 0 fully saturated rings. The molecule has 0 saturated carbocycles. The first-order valence-electron chi connectivity index (χ1n) is 12.9. The lowest BCUT2D eigenvalue weighted by atomic mass is 10.0. The monoisotopic (exact) mass is 491 g/mol. The molecule has 2 rings (SSSR count). The molecule has 2 nitrogen and oxygen atoms in total. The Balaban J connectivity index is 0.00000480. The van der Waals surface area contributed by atoms with E-state index < -0.39 is 0 Å². The lowest BCUT2D eigenvalue weighted by molar-refractivity contribution is -0.702. The Bertz CT molecular complexity index is 665. The molecule has 0 bridgehead atoms. The molecule has 0 spiro atoms. The molecule has 0 unspecified atom stereocenters. The number of imidazole rings is 1. The first-order chi connectivity index (χ1) is 14.7. The zero-order valence-electron chi connectivity index (χ0n) is 20.5. The van der Waals surface area contributed by atoms with Gasteiger partial charge in [-0.25, -0.2) is 9.13 Å². The minimum atomic E-state index is 0. The molecular formula is C28H48BrN2+.